The zero-order valence-electron chi connectivity index (χ0n) is 14.1. The van der Waals surface area contributed by atoms with Crippen molar-refractivity contribution in [2.75, 3.05) is 45.9 Å². The van der Waals surface area contributed by atoms with E-state index in [-0.39, 0.29) is 30.4 Å². The van der Waals surface area contributed by atoms with E-state index in [1.807, 2.05) is 0 Å². The molecule has 1 aliphatic carbocycles. The number of amides is 1. The monoisotopic (exact) mass is 367 g/mol. The van der Waals surface area contributed by atoms with Crippen LogP contribution in [0, 0.1) is 0 Å². The molecule has 0 unspecified atom stereocenters. The van der Waals surface area contributed by atoms with Gasteiger partial charge in [-0.15, -0.1) is 24.8 Å². The van der Waals surface area contributed by atoms with Crippen LogP contribution in [0.4, 0.5) is 0 Å². The molecule has 2 saturated heterocycles. The van der Waals surface area contributed by atoms with Crippen molar-refractivity contribution in [3.05, 3.63) is 0 Å². The van der Waals surface area contributed by atoms with Gasteiger partial charge in [0.15, 0.2) is 0 Å². The molecule has 2 aliphatic heterocycles. The van der Waals surface area contributed by atoms with Crippen LogP contribution in [-0.4, -0.2) is 73.2 Å². The zero-order valence-corrected chi connectivity index (χ0v) is 15.7. The van der Waals surface area contributed by atoms with Crippen molar-refractivity contribution in [3.8, 4) is 0 Å². The summed E-state index contributed by atoms with van der Waals surface area (Å²) in [5.41, 5.74) is 0.117. The third kappa shape index (κ3) is 4.73. The minimum atomic E-state index is 0. The van der Waals surface area contributed by atoms with Crippen LogP contribution in [0.15, 0.2) is 0 Å². The van der Waals surface area contributed by atoms with Crippen molar-refractivity contribution in [2.24, 2.45) is 0 Å². The predicted octanol–water partition coefficient (Wildman–Crippen LogP) is 1.69. The molecular weight excluding hydrogens is 337 g/mol. The van der Waals surface area contributed by atoms with E-state index in [9.17, 15) is 4.79 Å². The predicted molar refractivity (Wildman–Crippen MR) is 96.7 cm³/mol. The SMILES string of the molecule is C[C@@H]1CNCCN1C(=O)CC1(N2CCOCC2)CCCC1.Cl.Cl. The molecule has 0 bridgehead atoms. The topological polar surface area (TPSA) is 44.8 Å². The first kappa shape index (κ1) is 21.0. The van der Waals surface area contributed by atoms with Crippen molar-refractivity contribution >= 4 is 30.7 Å². The Morgan fingerprint density at radius 3 is 2.43 bits per heavy atom. The summed E-state index contributed by atoms with van der Waals surface area (Å²) in [4.78, 5) is 17.5. The molecule has 3 fully saturated rings. The van der Waals surface area contributed by atoms with E-state index in [4.69, 9.17) is 4.74 Å². The number of nitrogens with one attached hydrogen (secondary N) is 1. The highest BCUT2D eigenvalue weighted by molar-refractivity contribution is 5.85. The Kier molecular flexibility index (Phi) is 8.59. The first-order chi connectivity index (χ1) is 10.2. The van der Waals surface area contributed by atoms with Gasteiger partial charge in [-0.25, -0.2) is 0 Å². The van der Waals surface area contributed by atoms with Crippen LogP contribution in [0.25, 0.3) is 0 Å². The smallest absolute Gasteiger partial charge is 0.224 e. The van der Waals surface area contributed by atoms with E-state index in [2.05, 4.69) is 22.0 Å². The summed E-state index contributed by atoms with van der Waals surface area (Å²) in [6.07, 6.45) is 5.60. The number of rotatable bonds is 3. The first-order valence-corrected chi connectivity index (χ1v) is 8.54. The third-order valence-corrected chi connectivity index (χ3v) is 5.52. The Morgan fingerprint density at radius 1 is 1.17 bits per heavy atom. The fourth-order valence-corrected chi connectivity index (χ4v) is 4.27. The molecule has 2 heterocycles. The maximum absolute atomic E-state index is 12.9. The molecule has 5 nitrogen and oxygen atoms in total. The van der Waals surface area contributed by atoms with Gasteiger partial charge in [-0.3, -0.25) is 9.69 Å². The Balaban J connectivity index is 0.00000132. The maximum Gasteiger partial charge on any atom is 0.224 e. The van der Waals surface area contributed by atoms with Gasteiger partial charge in [-0.05, 0) is 19.8 Å². The van der Waals surface area contributed by atoms with Crippen LogP contribution >= 0.6 is 24.8 Å². The summed E-state index contributed by atoms with van der Waals surface area (Å²) in [5.74, 6) is 0.359. The second-order valence-electron chi connectivity index (χ2n) is 6.85. The average molecular weight is 368 g/mol. The molecule has 3 aliphatic rings. The molecule has 1 atom stereocenters. The van der Waals surface area contributed by atoms with E-state index < -0.39 is 0 Å². The molecule has 136 valence electrons. The fourth-order valence-electron chi connectivity index (χ4n) is 4.27. The first-order valence-electron chi connectivity index (χ1n) is 8.54. The van der Waals surface area contributed by atoms with Crippen LogP contribution < -0.4 is 5.32 Å². The average Bonchev–Trinajstić information content (AvgIpc) is 2.98. The van der Waals surface area contributed by atoms with Gasteiger partial charge >= 0.3 is 0 Å². The lowest BCUT2D eigenvalue weighted by Crippen LogP contribution is -2.57. The number of carbonyl (C=O) groups excluding carboxylic acids is 1. The second-order valence-corrected chi connectivity index (χ2v) is 6.85. The highest BCUT2D eigenvalue weighted by Gasteiger charge is 2.43. The highest BCUT2D eigenvalue weighted by Crippen LogP contribution is 2.39. The van der Waals surface area contributed by atoms with Crippen molar-refractivity contribution in [1.82, 2.24) is 15.1 Å². The molecular formula is C16H31Cl2N3O2. The van der Waals surface area contributed by atoms with Gasteiger partial charge in [0.1, 0.15) is 0 Å². The van der Waals surface area contributed by atoms with E-state index >= 15 is 0 Å². The van der Waals surface area contributed by atoms with E-state index in [0.29, 0.717) is 18.4 Å². The van der Waals surface area contributed by atoms with Crippen molar-refractivity contribution in [3.63, 3.8) is 0 Å². The molecule has 0 aromatic heterocycles. The number of halogens is 2. The van der Waals surface area contributed by atoms with Gasteiger partial charge in [0.2, 0.25) is 5.91 Å². The van der Waals surface area contributed by atoms with E-state index in [0.717, 1.165) is 45.9 Å². The third-order valence-electron chi connectivity index (χ3n) is 5.52. The lowest BCUT2D eigenvalue weighted by Gasteiger charge is -2.45. The number of hydrogen-bond donors (Lipinski definition) is 1. The van der Waals surface area contributed by atoms with Crippen molar-refractivity contribution in [1.29, 1.82) is 0 Å². The molecule has 7 heteroatoms. The molecule has 3 rings (SSSR count). The van der Waals surface area contributed by atoms with Crippen LogP contribution in [-0.2, 0) is 9.53 Å². The number of ether oxygens (including phenoxy) is 1. The van der Waals surface area contributed by atoms with Gasteiger partial charge in [0, 0.05) is 50.7 Å². The molecule has 0 aromatic carbocycles. The van der Waals surface area contributed by atoms with Crippen LogP contribution in [0.3, 0.4) is 0 Å². The molecule has 1 amide bonds. The number of nitrogens with zero attached hydrogens (tertiary/aromatic N) is 2. The molecule has 1 N–H and O–H groups in total. The standard InChI is InChI=1S/C16H29N3O2.2ClH/c1-14-13-17-6-7-19(14)15(20)12-16(4-2-3-5-16)18-8-10-21-11-9-18;;/h14,17H,2-13H2,1H3;2*1H/t14-;;/m1../s1. The summed E-state index contributed by atoms with van der Waals surface area (Å²) < 4.78 is 5.50. The van der Waals surface area contributed by atoms with Crippen molar-refractivity contribution < 1.29 is 9.53 Å². The number of hydrogen-bond acceptors (Lipinski definition) is 4. The molecule has 23 heavy (non-hydrogen) atoms. The lowest BCUT2D eigenvalue weighted by atomic mass is 9.89. The Bertz CT molecular complexity index is 372. The summed E-state index contributed by atoms with van der Waals surface area (Å²) in [6.45, 7) is 8.49. The van der Waals surface area contributed by atoms with Gasteiger partial charge < -0.3 is 15.0 Å². The summed E-state index contributed by atoms with van der Waals surface area (Å²) in [5, 5.41) is 3.37. The van der Waals surface area contributed by atoms with Crippen molar-refractivity contribution in [2.45, 2.75) is 50.6 Å². The maximum atomic E-state index is 12.9. The minimum Gasteiger partial charge on any atom is -0.379 e. The Hall–Kier alpha value is -0.0700. The minimum absolute atomic E-state index is 0. The van der Waals surface area contributed by atoms with Crippen LogP contribution in [0.1, 0.15) is 39.0 Å². The quantitative estimate of drug-likeness (QED) is 0.824. The zero-order chi connectivity index (χ0) is 14.7. The largest absolute Gasteiger partial charge is 0.379 e. The normalized spacial score (nSPS) is 27.9. The number of carbonyl (C=O) groups is 1. The van der Waals surface area contributed by atoms with E-state index in [1.165, 1.54) is 25.7 Å². The summed E-state index contributed by atoms with van der Waals surface area (Å²) in [7, 11) is 0. The van der Waals surface area contributed by atoms with Crippen LogP contribution in [0.5, 0.6) is 0 Å². The van der Waals surface area contributed by atoms with Gasteiger partial charge in [0.05, 0.1) is 13.2 Å². The summed E-state index contributed by atoms with van der Waals surface area (Å²) in [6, 6.07) is 0.328. The highest BCUT2D eigenvalue weighted by atomic mass is 35.5. The summed E-state index contributed by atoms with van der Waals surface area (Å²) >= 11 is 0. The van der Waals surface area contributed by atoms with Gasteiger partial charge in [-0.2, -0.15) is 0 Å². The lowest BCUT2D eigenvalue weighted by molar-refractivity contribution is -0.138. The number of piperazine rings is 1. The van der Waals surface area contributed by atoms with Gasteiger partial charge in [-0.1, -0.05) is 12.8 Å². The molecule has 0 radical (unpaired) electrons. The second kappa shape index (κ2) is 9.42. The Labute approximate surface area is 152 Å². The molecule has 0 spiro atoms. The molecule has 1 saturated carbocycles. The fraction of sp³-hybridized carbons (Fsp3) is 0.938. The van der Waals surface area contributed by atoms with Gasteiger partial charge in [0.25, 0.3) is 0 Å². The number of morpholine rings is 1. The Morgan fingerprint density at radius 2 is 1.83 bits per heavy atom. The van der Waals surface area contributed by atoms with E-state index in [1.54, 1.807) is 0 Å². The van der Waals surface area contributed by atoms with Crippen LogP contribution in [0.2, 0.25) is 0 Å². The molecule has 0 aromatic rings.